The number of hydrogen-bond donors (Lipinski definition) is 1. The van der Waals surface area contributed by atoms with E-state index in [1.165, 1.54) is 0 Å². The van der Waals surface area contributed by atoms with Gasteiger partial charge in [0, 0.05) is 74.1 Å². The molecule has 4 radical (unpaired) electrons. The van der Waals surface area contributed by atoms with Gasteiger partial charge in [0.25, 0.3) is 0 Å². The molecule has 0 aromatic carbocycles. The molecule has 0 aromatic rings. The summed E-state index contributed by atoms with van der Waals surface area (Å²) in [4.78, 5) is 0. The first kappa shape index (κ1) is 42.9. The van der Waals surface area contributed by atoms with Crippen LogP contribution in [0.1, 0.15) is 0 Å². The number of rotatable bonds is 0. The van der Waals surface area contributed by atoms with E-state index in [0.717, 1.165) is 0 Å². The van der Waals surface area contributed by atoms with Crippen LogP contribution in [-0.4, -0.2) is 35.2 Å². The molecular formula is C12H39NSi4Zn2. The van der Waals surface area contributed by atoms with E-state index < -0.39 is 0 Å². The number of hydrogen-bond acceptors (Lipinski definition) is 1. The van der Waals surface area contributed by atoms with E-state index in [9.17, 15) is 0 Å². The van der Waals surface area contributed by atoms with E-state index in [1.807, 2.05) is 0 Å². The maximum atomic E-state index is 2.27. The summed E-state index contributed by atoms with van der Waals surface area (Å²) in [6.45, 7) is 27.2. The Hall–Kier alpha value is 2.07. The Balaban J connectivity index is -0.0000000192. The van der Waals surface area contributed by atoms with E-state index in [1.54, 1.807) is 0 Å². The van der Waals surface area contributed by atoms with Gasteiger partial charge in [-0.2, -0.15) is 0 Å². The van der Waals surface area contributed by atoms with Gasteiger partial charge in [-0.15, -0.1) is 0 Å². The van der Waals surface area contributed by atoms with Crippen molar-refractivity contribution in [2.24, 2.45) is 0 Å². The van der Waals surface area contributed by atoms with E-state index in [0.29, 0.717) is 0 Å². The van der Waals surface area contributed by atoms with Gasteiger partial charge < -0.3 is 6.15 Å². The smallest absolute Gasteiger partial charge is 0.0379 e. The summed E-state index contributed by atoms with van der Waals surface area (Å²) in [6, 6.07) is 0. The third-order valence-electron chi connectivity index (χ3n) is 0. The SMILES string of the molecule is C[Si](C)C.C[Si](C)C.C[Si](C)C.C[Si](C)C.N.[Zn].[Zn]. The molecule has 7 heteroatoms. The van der Waals surface area contributed by atoms with Crippen LogP contribution in [-0.2, 0) is 39.0 Å². The second-order valence-corrected chi connectivity index (χ2v) is 18.0. The standard InChI is InChI=1S/4C3H9Si.H3N.2Zn/c4*1-4(2)3;;;/h4*1-3H3;1H3;;. The molecule has 0 fully saturated rings. The maximum absolute atomic E-state index is 2.27. The van der Waals surface area contributed by atoms with Gasteiger partial charge in [-0.3, -0.25) is 0 Å². The quantitative estimate of drug-likeness (QED) is 0.486. The van der Waals surface area contributed by atoms with Crippen molar-refractivity contribution in [2.45, 2.75) is 78.6 Å². The van der Waals surface area contributed by atoms with Crippen LogP contribution < -0.4 is 6.15 Å². The van der Waals surface area contributed by atoms with Crippen LogP contribution >= 0.6 is 0 Å². The third-order valence-corrected chi connectivity index (χ3v) is 0. The van der Waals surface area contributed by atoms with E-state index in [2.05, 4.69) is 78.6 Å². The summed E-state index contributed by atoms with van der Waals surface area (Å²) < 4.78 is 0. The first-order chi connectivity index (χ1) is 6.93. The molecule has 19 heavy (non-hydrogen) atoms. The van der Waals surface area contributed by atoms with Crippen molar-refractivity contribution in [1.82, 2.24) is 6.15 Å². The fourth-order valence-corrected chi connectivity index (χ4v) is 0. The van der Waals surface area contributed by atoms with E-state index in [-0.39, 0.29) is 80.3 Å². The zero-order chi connectivity index (χ0) is 14.3. The van der Waals surface area contributed by atoms with Crippen LogP contribution in [0.4, 0.5) is 0 Å². The summed E-state index contributed by atoms with van der Waals surface area (Å²) in [5.41, 5.74) is 0. The third kappa shape index (κ3) is 1520. The minimum absolute atomic E-state index is 0. The summed E-state index contributed by atoms with van der Waals surface area (Å²) in [7, 11) is 0.481. The molecule has 0 aliphatic rings. The van der Waals surface area contributed by atoms with Crippen LogP contribution in [0, 0.1) is 0 Å². The van der Waals surface area contributed by atoms with Gasteiger partial charge in [0.1, 0.15) is 0 Å². The molecule has 0 aromatic heterocycles. The van der Waals surface area contributed by atoms with Crippen LogP contribution in [0.3, 0.4) is 0 Å². The molecule has 3 N–H and O–H groups in total. The van der Waals surface area contributed by atoms with Crippen LogP contribution in [0.2, 0.25) is 78.6 Å². The topological polar surface area (TPSA) is 35.0 Å². The Morgan fingerprint density at radius 2 is 0.316 bits per heavy atom. The second-order valence-electron chi connectivity index (χ2n) is 6.00. The minimum Gasteiger partial charge on any atom is -0.344 e. The molecule has 0 saturated carbocycles. The molecule has 0 atom stereocenters. The van der Waals surface area contributed by atoms with Crippen molar-refractivity contribution >= 4 is 35.2 Å². The van der Waals surface area contributed by atoms with E-state index >= 15 is 0 Å². The fourth-order valence-electron chi connectivity index (χ4n) is 0. The predicted octanol–water partition coefficient (Wildman–Crippen LogP) is 5.64. The van der Waals surface area contributed by atoms with Gasteiger partial charge in [-0.1, -0.05) is 78.6 Å². The molecule has 0 saturated heterocycles. The Labute approximate surface area is 158 Å². The first-order valence-corrected chi connectivity index (χ1v) is 18.0. The summed E-state index contributed by atoms with van der Waals surface area (Å²) >= 11 is 0. The molecule has 0 heterocycles. The molecule has 0 bridgehead atoms. The van der Waals surface area contributed by atoms with Crippen molar-refractivity contribution in [1.29, 1.82) is 0 Å². The Morgan fingerprint density at radius 1 is 0.316 bits per heavy atom. The molecule has 0 aliphatic carbocycles. The molecule has 0 rings (SSSR count). The Morgan fingerprint density at radius 3 is 0.316 bits per heavy atom. The van der Waals surface area contributed by atoms with Crippen molar-refractivity contribution in [3.63, 3.8) is 0 Å². The van der Waals surface area contributed by atoms with Gasteiger partial charge in [0.15, 0.2) is 0 Å². The predicted molar refractivity (Wildman–Crippen MR) is 98.4 cm³/mol. The minimum atomic E-state index is 0. The zero-order valence-electron chi connectivity index (χ0n) is 16.1. The van der Waals surface area contributed by atoms with Crippen molar-refractivity contribution < 1.29 is 39.0 Å². The van der Waals surface area contributed by atoms with Crippen molar-refractivity contribution in [3.05, 3.63) is 0 Å². The monoisotopic (exact) mass is 437 g/mol. The van der Waals surface area contributed by atoms with Gasteiger partial charge in [-0.25, -0.2) is 0 Å². The molecule has 112 valence electrons. The van der Waals surface area contributed by atoms with Gasteiger partial charge in [0.05, 0.1) is 0 Å². The van der Waals surface area contributed by atoms with Crippen LogP contribution in [0.15, 0.2) is 0 Å². The van der Waals surface area contributed by atoms with Crippen LogP contribution in [0.5, 0.6) is 0 Å². The molecular weight excluding hydrogens is 401 g/mol. The van der Waals surface area contributed by atoms with Gasteiger partial charge in [0.2, 0.25) is 0 Å². The summed E-state index contributed by atoms with van der Waals surface area (Å²) in [6.07, 6.45) is 0. The first-order valence-electron chi connectivity index (χ1n) is 6.00. The Bertz CT molecular complexity index is 70.7. The van der Waals surface area contributed by atoms with Crippen molar-refractivity contribution in [3.8, 4) is 0 Å². The van der Waals surface area contributed by atoms with Gasteiger partial charge in [-0.05, 0) is 0 Å². The summed E-state index contributed by atoms with van der Waals surface area (Å²) in [5, 5.41) is 0. The van der Waals surface area contributed by atoms with Crippen LogP contribution in [0.25, 0.3) is 0 Å². The molecule has 1 nitrogen and oxygen atoms in total. The zero-order valence-corrected chi connectivity index (χ0v) is 26.1. The molecule has 0 unspecified atom stereocenters. The Kier molecular flexibility index (Phi) is 83.2. The van der Waals surface area contributed by atoms with Crippen molar-refractivity contribution in [2.75, 3.05) is 0 Å². The second kappa shape index (κ2) is 36.9. The fraction of sp³-hybridized carbons (Fsp3) is 1.00. The summed E-state index contributed by atoms with van der Waals surface area (Å²) in [5.74, 6) is 0. The maximum Gasteiger partial charge on any atom is 0.0379 e. The average molecular weight is 441 g/mol. The molecule has 0 spiro atoms. The molecule has 0 aliphatic heterocycles. The average Bonchev–Trinajstić information content (AvgIpc) is 1.76. The van der Waals surface area contributed by atoms with E-state index in [4.69, 9.17) is 0 Å². The normalized spacial score (nSPS) is 7.58. The van der Waals surface area contributed by atoms with Gasteiger partial charge >= 0.3 is 0 Å². The molecule has 0 amide bonds. The largest absolute Gasteiger partial charge is 0.344 e.